The highest BCUT2D eigenvalue weighted by Gasteiger charge is 2.33. The fraction of sp³-hybridized carbons (Fsp3) is 0.520. The molecule has 5 nitrogen and oxygen atoms in total. The Balaban J connectivity index is 1.74. The zero-order valence-corrected chi connectivity index (χ0v) is 19.9. The number of benzene rings is 1. The quantitative estimate of drug-likeness (QED) is 0.548. The molecule has 0 spiro atoms. The summed E-state index contributed by atoms with van der Waals surface area (Å²) in [6.07, 6.45) is 2.11. The molecule has 2 heterocycles. The summed E-state index contributed by atoms with van der Waals surface area (Å²) in [5.41, 5.74) is 2.45. The summed E-state index contributed by atoms with van der Waals surface area (Å²) in [5, 5.41) is 2.09. The van der Waals surface area contributed by atoms with Gasteiger partial charge in [0.25, 0.3) is 0 Å². The first-order chi connectivity index (χ1) is 14.9. The predicted octanol–water partition coefficient (Wildman–Crippen LogP) is 5.02. The zero-order valence-electron chi connectivity index (χ0n) is 19.1. The van der Waals surface area contributed by atoms with Crippen LogP contribution in [0.2, 0.25) is 0 Å². The fourth-order valence-corrected chi connectivity index (χ4v) is 4.97. The van der Waals surface area contributed by atoms with E-state index in [0.717, 1.165) is 18.6 Å². The van der Waals surface area contributed by atoms with Gasteiger partial charge >= 0.3 is 0 Å². The third-order valence-corrected chi connectivity index (χ3v) is 6.84. The Morgan fingerprint density at radius 3 is 2.58 bits per heavy atom. The van der Waals surface area contributed by atoms with E-state index >= 15 is 0 Å². The molecular weight excluding hydrogens is 408 g/mol. The van der Waals surface area contributed by atoms with Crippen molar-refractivity contribution < 1.29 is 14.3 Å². The van der Waals surface area contributed by atoms with E-state index < -0.39 is 0 Å². The molecule has 6 heteroatoms. The normalized spacial score (nSPS) is 15.6. The molecule has 0 saturated carbocycles. The van der Waals surface area contributed by atoms with E-state index in [0.29, 0.717) is 32.0 Å². The number of amides is 2. The fourth-order valence-electron chi connectivity index (χ4n) is 4.04. The molecule has 168 valence electrons. The lowest BCUT2D eigenvalue weighted by atomic mass is 10.00. The largest absolute Gasteiger partial charge is 0.491 e. The first-order valence-corrected chi connectivity index (χ1v) is 12.2. The molecule has 1 atom stereocenters. The van der Waals surface area contributed by atoms with E-state index in [4.69, 9.17) is 4.74 Å². The topological polar surface area (TPSA) is 49.9 Å². The smallest absolute Gasteiger partial charge is 0.242 e. The second-order valence-electron chi connectivity index (χ2n) is 8.36. The lowest BCUT2D eigenvalue weighted by Crippen LogP contribution is -2.47. The van der Waals surface area contributed by atoms with Crippen LogP contribution in [-0.4, -0.2) is 47.9 Å². The number of rotatable bonds is 9. The molecule has 1 aromatic carbocycles. The van der Waals surface area contributed by atoms with E-state index in [1.807, 2.05) is 30.9 Å². The molecule has 3 rings (SSSR count). The minimum absolute atomic E-state index is 0.00384. The summed E-state index contributed by atoms with van der Waals surface area (Å²) in [6.45, 7) is 10.0. The van der Waals surface area contributed by atoms with Crippen LogP contribution < -0.4 is 4.74 Å². The van der Waals surface area contributed by atoms with Crippen LogP contribution in [0.3, 0.4) is 0 Å². The SMILES string of the molecule is CCCN(CC(=O)N1CCc2sccc2[C@H]1COc1ccc(C(C)C)cc1)C(=O)CC. The number of carbonyl (C=O) groups excluding carboxylic acids is 2. The maximum absolute atomic E-state index is 13.3. The summed E-state index contributed by atoms with van der Waals surface area (Å²) in [6, 6.07) is 10.2. The summed E-state index contributed by atoms with van der Waals surface area (Å²) >= 11 is 1.74. The molecule has 0 saturated heterocycles. The highest BCUT2D eigenvalue weighted by molar-refractivity contribution is 7.10. The first-order valence-electron chi connectivity index (χ1n) is 11.3. The van der Waals surface area contributed by atoms with Gasteiger partial charge in [-0.3, -0.25) is 9.59 Å². The third kappa shape index (κ3) is 5.67. The molecule has 1 aromatic heterocycles. The molecule has 0 fully saturated rings. The second kappa shape index (κ2) is 10.8. The highest BCUT2D eigenvalue weighted by atomic mass is 32.1. The Kier molecular flexibility index (Phi) is 8.13. The maximum atomic E-state index is 13.3. The summed E-state index contributed by atoms with van der Waals surface area (Å²) in [5.74, 6) is 1.32. The summed E-state index contributed by atoms with van der Waals surface area (Å²) in [4.78, 5) is 30.5. The van der Waals surface area contributed by atoms with E-state index in [1.54, 1.807) is 16.2 Å². The number of thiophene rings is 1. The molecule has 1 aliphatic heterocycles. The number of fused-ring (bicyclic) bond motifs is 1. The van der Waals surface area contributed by atoms with Gasteiger partial charge in [-0.15, -0.1) is 11.3 Å². The summed E-state index contributed by atoms with van der Waals surface area (Å²) in [7, 11) is 0. The molecule has 0 aliphatic carbocycles. The van der Waals surface area contributed by atoms with Crippen LogP contribution in [0.5, 0.6) is 5.75 Å². The number of hydrogen-bond donors (Lipinski definition) is 0. The highest BCUT2D eigenvalue weighted by Crippen LogP contribution is 2.34. The van der Waals surface area contributed by atoms with Gasteiger partial charge in [0.1, 0.15) is 12.4 Å². The standard InChI is InChI=1S/C25H34N2O3S/c1-5-13-26(24(28)6-2)16-25(29)27-14-11-23-21(12-15-31-23)22(27)17-30-20-9-7-19(8-10-20)18(3)4/h7-10,12,15,18,22H,5-6,11,13-14,16-17H2,1-4H3/t22-/m1/s1. The Bertz CT molecular complexity index is 875. The maximum Gasteiger partial charge on any atom is 0.242 e. The Hall–Kier alpha value is -2.34. The van der Waals surface area contributed by atoms with Crippen molar-refractivity contribution in [3.8, 4) is 5.75 Å². The molecule has 0 N–H and O–H groups in total. The number of hydrogen-bond acceptors (Lipinski definition) is 4. The van der Waals surface area contributed by atoms with Crippen LogP contribution in [0.1, 0.15) is 68.5 Å². The molecule has 31 heavy (non-hydrogen) atoms. The molecule has 0 radical (unpaired) electrons. The van der Waals surface area contributed by atoms with Gasteiger partial charge < -0.3 is 14.5 Å². The van der Waals surface area contributed by atoms with Crippen molar-refractivity contribution in [1.82, 2.24) is 9.80 Å². The zero-order chi connectivity index (χ0) is 22.4. The lowest BCUT2D eigenvalue weighted by molar-refractivity contribution is -0.142. The van der Waals surface area contributed by atoms with Crippen LogP contribution in [0.25, 0.3) is 0 Å². The van der Waals surface area contributed by atoms with E-state index in [2.05, 4.69) is 37.4 Å². The minimum Gasteiger partial charge on any atom is -0.491 e. The van der Waals surface area contributed by atoms with E-state index in [-0.39, 0.29) is 24.4 Å². The van der Waals surface area contributed by atoms with Crippen molar-refractivity contribution in [3.05, 3.63) is 51.7 Å². The molecular formula is C25H34N2O3S. The second-order valence-corrected chi connectivity index (χ2v) is 9.36. The van der Waals surface area contributed by atoms with Crippen LogP contribution in [0, 0.1) is 0 Å². The van der Waals surface area contributed by atoms with Gasteiger partial charge in [0.05, 0.1) is 12.6 Å². The van der Waals surface area contributed by atoms with Gasteiger partial charge in [-0.2, -0.15) is 0 Å². The van der Waals surface area contributed by atoms with Crippen molar-refractivity contribution >= 4 is 23.2 Å². The number of ether oxygens (including phenoxy) is 1. The molecule has 0 unspecified atom stereocenters. The van der Waals surface area contributed by atoms with Gasteiger partial charge in [-0.1, -0.05) is 39.8 Å². The summed E-state index contributed by atoms with van der Waals surface area (Å²) < 4.78 is 6.14. The van der Waals surface area contributed by atoms with Gasteiger partial charge in [0, 0.05) is 24.4 Å². The van der Waals surface area contributed by atoms with Crippen molar-refractivity contribution in [3.63, 3.8) is 0 Å². The average molecular weight is 443 g/mol. The molecule has 2 aromatic rings. The van der Waals surface area contributed by atoms with Crippen LogP contribution in [-0.2, 0) is 16.0 Å². The predicted molar refractivity (Wildman–Crippen MR) is 126 cm³/mol. The van der Waals surface area contributed by atoms with E-state index in [9.17, 15) is 9.59 Å². The van der Waals surface area contributed by atoms with Crippen molar-refractivity contribution in [2.45, 2.75) is 58.9 Å². The van der Waals surface area contributed by atoms with Crippen molar-refractivity contribution in [1.29, 1.82) is 0 Å². The molecule has 0 bridgehead atoms. The molecule has 2 amide bonds. The van der Waals surface area contributed by atoms with E-state index in [1.165, 1.54) is 16.0 Å². The number of nitrogens with zero attached hydrogens (tertiary/aromatic N) is 2. The lowest BCUT2D eigenvalue weighted by Gasteiger charge is -2.37. The Morgan fingerprint density at radius 1 is 1.19 bits per heavy atom. The third-order valence-electron chi connectivity index (χ3n) is 5.84. The monoisotopic (exact) mass is 442 g/mol. The average Bonchev–Trinajstić information content (AvgIpc) is 3.25. The van der Waals surface area contributed by atoms with Crippen molar-refractivity contribution in [2.24, 2.45) is 0 Å². The van der Waals surface area contributed by atoms with Crippen LogP contribution in [0.15, 0.2) is 35.7 Å². The Morgan fingerprint density at radius 2 is 1.94 bits per heavy atom. The van der Waals surface area contributed by atoms with Gasteiger partial charge in [-0.25, -0.2) is 0 Å². The van der Waals surface area contributed by atoms with Gasteiger partial charge in [0.15, 0.2) is 0 Å². The first kappa shape index (κ1) is 23.3. The van der Waals surface area contributed by atoms with Crippen LogP contribution in [0.4, 0.5) is 0 Å². The van der Waals surface area contributed by atoms with Gasteiger partial charge in [0.2, 0.25) is 11.8 Å². The Labute approximate surface area is 190 Å². The molecule has 1 aliphatic rings. The number of carbonyl (C=O) groups is 2. The van der Waals surface area contributed by atoms with Gasteiger partial charge in [-0.05, 0) is 53.5 Å². The minimum atomic E-state index is -0.132. The van der Waals surface area contributed by atoms with Crippen molar-refractivity contribution in [2.75, 3.05) is 26.2 Å². The van der Waals surface area contributed by atoms with Crippen LogP contribution >= 0.6 is 11.3 Å².